The lowest BCUT2D eigenvalue weighted by molar-refractivity contribution is -0.122. The smallest absolute Gasteiger partial charge is 0.273 e. The zero-order chi connectivity index (χ0) is 20.1. The lowest BCUT2D eigenvalue weighted by Gasteiger charge is -2.29. The van der Waals surface area contributed by atoms with Gasteiger partial charge in [-0.15, -0.1) is 0 Å². The Morgan fingerprint density at radius 2 is 2.00 bits per heavy atom. The molecular formula is C19H18ClN3O5. The normalized spacial score (nSPS) is 12.6. The molecule has 28 heavy (non-hydrogen) atoms. The number of benzene rings is 2. The van der Waals surface area contributed by atoms with E-state index in [-0.39, 0.29) is 31.0 Å². The van der Waals surface area contributed by atoms with E-state index in [4.69, 9.17) is 21.1 Å². The van der Waals surface area contributed by atoms with E-state index < -0.39 is 11.8 Å². The van der Waals surface area contributed by atoms with Gasteiger partial charge in [0.05, 0.1) is 18.4 Å². The van der Waals surface area contributed by atoms with Crippen LogP contribution >= 0.6 is 11.6 Å². The molecule has 1 aliphatic rings. The number of hydrogen-bond donors (Lipinski definition) is 2. The number of amides is 3. The Kier molecular flexibility index (Phi) is 6.00. The van der Waals surface area contributed by atoms with Crippen LogP contribution in [-0.2, 0) is 9.59 Å². The SMILES string of the molecule is COc1ccc(Cl)cc1C(=O)NNC(=O)CCN1C(=O)COc2ccccc21. The quantitative estimate of drug-likeness (QED) is 0.743. The van der Waals surface area contributed by atoms with Gasteiger partial charge in [-0.3, -0.25) is 25.2 Å². The predicted octanol–water partition coefficient (Wildman–Crippen LogP) is 1.93. The number of halogens is 1. The molecule has 2 aromatic rings. The molecule has 1 aliphatic heterocycles. The molecule has 0 bridgehead atoms. The molecule has 8 nitrogen and oxygen atoms in total. The van der Waals surface area contributed by atoms with E-state index >= 15 is 0 Å². The van der Waals surface area contributed by atoms with Crippen LogP contribution in [0.15, 0.2) is 42.5 Å². The summed E-state index contributed by atoms with van der Waals surface area (Å²) < 4.78 is 10.5. The van der Waals surface area contributed by atoms with E-state index in [9.17, 15) is 14.4 Å². The molecule has 9 heteroatoms. The molecule has 146 valence electrons. The van der Waals surface area contributed by atoms with Crippen molar-refractivity contribution in [2.75, 3.05) is 25.2 Å². The number of methoxy groups -OCH3 is 1. The van der Waals surface area contributed by atoms with Crippen LogP contribution in [0.25, 0.3) is 0 Å². The number of anilines is 1. The van der Waals surface area contributed by atoms with Crippen molar-refractivity contribution in [1.82, 2.24) is 10.9 Å². The molecule has 0 atom stereocenters. The molecule has 3 amide bonds. The van der Waals surface area contributed by atoms with Gasteiger partial charge in [-0.25, -0.2) is 0 Å². The fraction of sp³-hybridized carbons (Fsp3) is 0.211. The van der Waals surface area contributed by atoms with Crippen molar-refractivity contribution in [2.45, 2.75) is 6.42 Å². The summed E-state index contributed by atoms with van der Waals surface area (Å²) in [5.74, 6) is -0.346. The van der Waals surface area contributed by atoms with Gasteiger partial charge in [-0.1, -0.05) is 23.7 Å². The van der Waals surface area contributed by atoms with Crippen LogP contribution in [0.3, 0.4) is 0 Å². The maximum absolute atomic E-state index is 12.3. The molecule has 2 aromatic carbocycles. The first kappa shape index (κ1) is 19.5. The molecule has 0 aliphatic carbocycles. The third-order valence-electron chi connectivity index (χ3n) is 4.09. The molecule has 0 radical (unpaired) electrons. The van der Waals surface area contributed by atoms with Gasteiger partial charge in [-0.05, 0) is 30.3 Å². The van der Waals surface area contributed by atoms with Crippen molar-refractivity contribution < 1.29 is 23.9 Å². The molecule has 0 saturated carbocycles. The number of fused-ring (bicyclic) bond motifs is 1. The maximum Gasteiger partial charge on any atom is 0.273 e. The van der Waals surface area contributed by atoms with Gasteiger partial charge in [0, 0.05) is 18.0 Å². The van der Waals surface area contributed by atoms with Crippen molar-refractivity contribution in [3.63, 3.8) is 0 Å². The molecule has 0 spiro atoms. The number of hydrazine groups is 1. The lowest BCUT2D eigenvalue weighted by Crippen LogP contribution is -2.45. The van der Waals surface area contributed by atoms with Gasteiger partial charge in [-0.2, -0.15) is 0 Å². The lowest BCUT2D eigenvalue weighted by atomic mass is 10.2. The third-order valence-corrected chi connectivity index (χ3v) is 4.33. The fourth-order valence-electron chi connectivity index (χ4n) is 2.73. The Morgan fingerprint density at radius 3 is 2.79 bits per heavy atom. The van der Waals surface area contributed by atoms with Crippen LogP contribution in [0.4, 0.5) is 5.69 Å². The van der Waals surface area contributed by atoms with E-state index in [0.717, 1.165) is 0 Å². The first-order chi connectivity index (χ1) is 13.5. The van der Waals surface area contributed by atoms with E-state index in [1.165, 1.54) is 18.1 Å². The monoisotopic (exact) mass is 403 g/mol. The van der Waals surface area contributed by atoms with Crippen molar-refractivity contribution >= 4 is 35.0 Å². The van der Waals surface area contributed by atoms with Gasteiger partial charge in [0.25, 0.3) is 11.8 Å². The number of rotatable bonds is 5. The number of para-hydroxylation sites is 2. The summed E-state index contributed by atoms with van der Waals surface area (Å²) >= 11 is 5.90. The van der Waals surface area contributed by atoms with Crippen LogP contribution in [0.2, 0.25) is 5.02 Å². The largest absolute Gasteiger partial charge is 0.496 e. The van der Waals surface area contributed by atoms with Gasteiger partial charge in [0.2, 0.25) is 5.91 Å². The Labute approximate surface area is 166 Å². The van der Waals surface area contributed by atoms with Gasteiger partial charge in [0.1, 0.15) is 11.5 Å². The maximum atomic E-state index is 12.3. The summed E-state index contributed by atoms with van der Waals surface area (Å²) in [7, 11) is 1.43. The molecule has 2 N–H and O–H groups in total. The summed E-state index contributed by atoms with van der Waals surface area (Å²) in [6.07, 6.45) is -0.00691. The zero-order valence-corrected chi connectivity index (χ0v) is 15.8. The van der Waals surface area contributed by atoms with Gasteiger partial charge in [0.15, 0.2) is 6.61 Å². The molecule has 1 heterocycles. The minimum Gasteiger partial charge on any atom is -0.496 e. The van der Waals surface area contributed by atoms with E-state index in [0.29, 0.717) is 22.2 Å². The number of carbonyl (C=O) groups is 3. The van der Waals surface area contributed by atoms with Gasteiger partial charge < -0.3 is 14.4 Å². The zero-order valence-electron chi connectivity index (χ0n) is 15.0. The second-order valence-electron chi connectivity index (χ2n) is 5.90. The average molecular weight is 404 g/mol. The standard InChI is InChI=1S/C19H18ClN3O5/c1-27-15-7-6-12(20)10-13(15)19(26)22-21-17(24)8-9-23-14-4-2-3-5-16(14)28-11-18(23)25/h2-7,10H,8-9,11H2,1H3,(H,21,24)(H,22,26). The van der Waals surface area contributed by atoms with Crippen molar-refractivity contribution in [3.05, 3.63) is 53.1 Å². The highest BCUT2D eigenvalue weighted by molar-refractivity contribution is 6.31. The Balaban J connectivity index is 1.56. The molecule has 0 aromatic heterocycles. The van der Waals surface area contributed by atoms with Crippen LogP contribution in [0, 0.1) is 0 Å². The Hall–Kier alpha value is -3.26. The van der Waals surface area contributed by atoms with Crippen molar-refractivity contribution in [2.24, 2.45) is 0 Å². The summed E-state index contributed by atoms with van der Waals surface area (Å²) in [6, 6.07) is 11.7. The van der Waals surface area contributed by atoms with Crippen molar-refractivity contribution in [1.29, 1.82) is 0 Å². The van der Waals surface area contributed by atoms with E-state index in [1.54, 1.807) is 36.4 Å². The number of nitrogens with zero attached hydrogens (tertiary/aromatic N) is 1. The highest BCUT2D eigenvalue weighted by Gasteiger charge is 2.25. The topological polar surface area (TPSA) is 97.0 Å². The summed E-state index contributed by atoms with van der Waals surface area (Å²) in [5.41, 5.74) is 5.44. The second-order valence-corrected chi connectivity index (χ2v) is 6.34. The van der Waals surface area contributed by atoms with E-state index in [1.807, 2.05) is 0 Å². The summed E-state index contributed by atoms with van der Waals surface area (Å²) in [5, 5.41) is 0.363. The predicted molar refractivity (Wildman–Crippen MR) is 103 cm³/mol. The first-order valence-electron chi connectivity index (χ1n) is 8.44. The average Bonchev–Trinajstić information content (AvgIpc) is 2.71. The Bertz CT molecular complexity index is 918. The number of hydrogen-bond acceptors (Lipinski definition) is 5. The summed E-state index contributed by atoms with van der Waals surface area (Å²) in [6.45, 7) is 0.0747. The molecule has 0 fully saturated rings. The van der Waals surface area contributed by atoms with E-state index in [2.05, 4.69) is 10.9 Å². The third kappa shape index (κ3) is 4.34. The number of carbonyl (C=O) groups excluding carboxylic acids is 3. The minimum atomic E-state index is -0.569. The molecule has 0 unspecified atom stereocenters. The first-order valence-corrected chi connectivity index (χ1v) is 8.82. The number of ether oxygens (including phenoxy) is 2. The van der Waals surface area contributed by atoms with Crippen LogP contribution < -0.4 is 25.2 Å². The highest BCUT2D eigenvalue weighted by atomic mass is 35.5. The highest BCUT2D eigenvalue weighted by Crippen LogP contribution is 2.31. The second kappa shape index (κ2) is 8.62. The molecular weight excluding hydrogens is 386 g/mol. The van der Waals surface area contributed by atoms with Gasteiger partial charge >= 0.3 is 0 Å². The Morgan fingerprint density at radius 1 is 1.21 bits per heavy atom. The number of nitrogens with one attached hydrogen (secondary N) is 2. The van der Waals surface area contributed by atoms with Crippen LogP contribution in [0.5, 0.6) is 11.5 Å². The summed E-state index contributed by atoms with van der Waals surface area (Å²) in [4.78, 5) is 37.9. The minimum absolute atomic E-state index is 0.00691. The molecule has 3 rings (SSSR count). The molecule has 0 saturated heterocycles. The van der Waals surface area contributed by atoms with Crippen LogP contribution in [0.1, 0.15) is 16.8 Å². The van der Waals surface area contributed by atoms with Crippen LogP contribution in [-0.4, -0.2) is 38.0 Å². The van der Waals surface area contributed by atoms with Crippen molar-refractivity contribution in [3.8, 4) is 11.5 Å². The fourth-order valence-corrected chi connectivity index (χ4v) is 2.90.